The summed E-state index contributed by atoms with van der Waals surface area (Å²) in [5, 5.41) is 8.92. The Labute approximate surface area is 111 Å². The summed E-state index contributed by atoms with van der Waals surface area (Å²) in [4.78, 5) is 1.61. The fourth-order valence-corrected chi connectivity index (χ4v) is 2.48. The minimum absolute atomic E-state index is 0.0244. The lowest BCUT2D eigenvalue weighted by molar-refractivity contribution is 0.0684. The molecule has 1 aromatic rings. The van der Waals surface area contributed by atoms with Gasteiger partial charge >= 0.3 is 0 Å². The highest BCUT2D eigenvalue weighted by Crippen LogP contribution is 2.26. The van der Waals surface area contributed by atoms with E-state index in [1.165, 1.54) is 12.1 Å². The lowest BCUT2D eigenvalue weighted by atomic mass is 9.99. The van der Waals surface area contributed by atoms with Crippen molar-refractivity contribution in [2.45, 2.75) is 19.4 Å². The Morgan fingerprint density at radius 2 is 1.84 bits per heavy atom. The van der Waals surface area contributed by atoms with Crippen LogP contribution in [0.15, 0.2) is 12.1 Å². The van der Waals surface area contributed by atoms with Crippen molar-refractivity contribution in [2.75, 3.05) is 31.7 Å². The molecule has 1 heterocycles. The molecule has 0 spiro atoms. The average Bonchev–Trinajstić information content (AvgIpc) is 2.38. The van der Waals surface area contributed by atoms with Crippen LogP contribution in [0.5, 0.6) is 0 Å². The highest BCUT2D eigenvalue weighted by atomic mass is 19.1. The Balaban J connectivity index is 2.11. The maximum absolute atomic E-state index is 13.9. The molecule has 106 valence electrons. The quantitative estimate of drug-likeness (QED) is 0.912. The van der Waals surface area contributed by atoms with Gasteiger partial charge in [0.05, 0.1) is 6.61 Å². The van der Waals surface area contributed by atoms with E-state index >= 15 is 0 Å². The predicted molar refractivity (Wildman–Crippen MR) is 69.1 cm³/mol. The normalized spacial score (nSPS) is 16.6. The maximum Gasteiger partial charge on any atom is 0.149 e. The van der Waals surface area contributed by atoms with E-state index in [1.54, 1.807) is 11.9 Å². The molecular formula is C14H19F2NO2. The highest BCUT2D eigenvalue weighted by Gasteiger charge is 2.20. The van der Waals surface area contributed by atoms with Gasteiger partial charge < -0.3 is 14.7 Å². The largest absolute Gasteiger partial charge is 0.392 e. The van der Waals surface area contributed by atoms with Gasteiger partial charge in [0, 0.05) is 26.8 Å². The van der Waals surface area contributed by atoms with Crippen molar-refractivity contribution in [1.29, 1.82) is 0 Å². The second-order valence-electron chi connectivity index (χ2n) is 5.00. The van der Waals surface area contributed by atoms with Crippen LogP contribution in [0.1, 0.15) is 18.4 Å². The summed E-state index contributed by atoms with van der Waals surface area (Å²) >= 11 is 0. The zero-order valence-electron chi connectivity index (χ0n) is 11.0. The van der Waals surface area contributed by atoms with Gasteiger partial charge in [0.25, 0.3) is 0 Å². The molecular weight excluding hydrogens is 252 g/mol. The van der Waals surface area contributed by atoms with Crippen LogP contribution >= 0.6 is 0 Å². The number of benzene rings is 1. The van der Waals surface area contributed by atoms with E-state index in [-0.39, 0.29) is 17.9 Å². The summed E-state index contributed by atoms with van der Waals surface area (Å²) in [7, 11) is 1.69. The summed E-state index contributed by atoms with van der Waals surface area (Å²) < 4.78 is 33.0. The molecule has 1 aromatic carbocycles. The van der Waals surface area contributed by atoms with Crippen molar-refractivity contribution in [3.05, 3.63) is 29.3 Å². The van der Waals surface area contributed by atoms with E-state index < -0.39 is 11.6 Å². The van der Waals surface area contributed by atoms with E-state index in [0.29, 0.717) is 25.7 Å². The van der Waals surface area contributed by atoms with Crippen molar-refractivity contribution >= 4 is 5.69 Å². The fraction of sp³-hybridized carbons (Fsp3) is 0.571. The Hall–Kier alpha value is -1.20. The minimum Gasteiger partial charge on any atom is -0.392 e. The molecule has 1 saturated heterocycles. The van der Waals surface area contributed by atoms with Gasteiger partial charge in [0.1, 0.15) is 17.3 Å². The SMILES string of the molecule is CN(CC1CCOCC1)c1c(F)cc(CO)cc1F. The van der Waals surface area contributed by atoms with Gasteiger partial charge in [-0.2, -0.15) is 0 Å². The van der Waals surface area contributed by atoms with Crippen LogP contribution in [-0.4, -0.2) is 31.9 Å². The lowest BCUT2D eigenvalue weighted by Gasteiger charge is -2.29. The highest BCUT2D eigenvalue weighted by molar-refractivity contribution is 5.50. The van der Waals surface area contributed by atoms with Crippen molar-refractivity contribution < 1.29 is 18.6 Å². The van der Waals surface area contributed by atoms with Gasteiger partial charge in [-0.25, -0.2) is 8.78 Å². The Kier molecular flexibility index (Phi) is 4.71. The molecule has 0 bridgehead atoms. The number of ether oxygens (including phenoxy) is 1. The van der Waals surface area contributed by atoms with E-state index in [0.717, 1.165) is 12.8 Å². The molecule has 2 rings (SSSR count). The molecule has 0 saturated carbocycles. The van der Waals surface area contributed by atoms with Crippen molar-refractivity contribution in [3.8, 4) is 0 Å². The van der Waals surface area contributed by atoms with Gasteiger partial charge in [0.15, 0.2) is 0 Å². The number of hydrogen-bond acceptors (Lipinski definition) is 3. The van der Waals surface area contributed by atoms with Crippen LogP contribution < -0.4 is 4.90 Å². The molecule has 1 fully saturated rings. The third-order valence-corrected chi connectivity index (χ3v) is 3.51. The molecule has 0 aliphatic carbocycles. The summed E-state index contributed by atoms with van der Waals surface area (Å²) in [6, 6.07) is 2.36. The first-order valence-corrected chi connectivity index (χ1v) is 6.49. The van der Waals surface area contributed by atoms with E-state index in [1.807, 2.05) is 0 Å². The zero-order valence-corrected chi connectivity index (χ0v) is 11.0. The summed E-state index contributed by atoms with van der Waals surface area (Å²) in [5.41, 5.74) is 0.224. The van der Waals surface area contributed by atoms with Gasteiger partial charge in [-0.3, -0.25) is 0 Å². The number of rotatable bonds is 4. The van der Waals surface area contributed by atoms with Crippen molar-refractivity contribution in [3.63, 3.8) is 0 Å². The molecule has 0 radical (unpaired) electrons. The number of hydrogen-bond donors (Lipinski definition) is 1. The monoisotopic (exact) mass is 271 g/mol. The Morgan fingerprint density at radius 1 is 1.26 bits per heavy atom. The van der Waals surface area contributed by atoms with Crippen LogP contribution in [0.2, 0.25) is 0 Å². The number of halogens is 2. The summed E-state index contributed by atoms with van der Waals surface area (Å²) in [6.07, 6.45) is 1.84. The fourth-order valence-electron chi connectivity index (χ4n) is 2.48. The number of aliphatic hydroxyl groups excluding tert-OH is 1. The predicted octanol–water partition coefficient (Wildman–Crippen LogP) is 2.32. The standard InChI is InChI=1S/C14H19F2NO2/c1-17(8-10-2-4-19-5-3-10)14-12(15)6-11(9-18)7-13(14)16/h6-7,10,18H,2-5,8-9H2,1H3. The Bertz CT molecular complexity index is 410. The zero-order chi connectivity index (χ0) is 13.8. The molecule has 0 amide bonds. The third-order valence-electron chi connectivity index (χ3n) is 3.51. The van der Waals surface area contributed by atoms with Crippen LogP contribution in [0.4, 0.5) is 14.5 Å². The van der Waals surface area contributed by atoms with Crippen LogP contribution in [0.3, 0.4) is 0 Å². The minimum atomic E-state index is -0.626. The molecule has 5 heteroatoms. The maximum atomic E-state index is 13.9. The number of nitrogens with zero attached hydrogens (tertiary/aromatic N) is 1. The van der Waals surface area contributed by atoms with Gasteiger partial charge in [0.2, 0.25) is 0 Å². The lowest BCUT2D eigenvalue weighted by Crippen LogP contribution is -2.30. The average molecular weight is 271 g/mol. The van der Waals surface area contributed by atoms with E-state index in [4.69, 9.17) is 9.84 Å². The smallest absolute Gasteiger partial charge is 0.149 e. The second-order valence-corrected chi connectivity index (χ2v) is 5.00. The van der Waals surface area contributed by atoms with Crippen LogP contribution in [-0.2, 0) is 11.3 Å². The molecule has 1 N–H and O–H groups in total. The molecule has 0 aromatic heterocycles. The first kappa shape index (κ1) is 14.2. The van der Waals surface area contributed by atoms with E-state index in [9.17, 15) is 8.78 Å². The first-order valence-electron chi connectivity index (χ1n) is 6.49. The van der Waals surface area contributed by atoms with Crippen molar-refractivity contribution in [1.82, 2.24) is 0 Å². The van der Waals surface area contributed by atoms with Crippen LogP contribution in [0.25, 0.3) is 0 Å². The van der Waals surface area contributed by atoms with Gasteiger partial charge in [-0.05, 0) is 36.5 Å². The summed E-state index contributed by atoms with van der Waals surface area (Å²) in [5.74, 6) is -0.854. The topological polar surface area (TPSA) is 32.7 Å². The first-order chi connectivity index (χ1) is 9.11. The number of aliphatic hydroxyl groups is 1. The second kappa shape index (κ2) is 6.30. The molecule has 0 atom stereocenters. The number of anilines is 1. The molecule has 1 aliphatic heterocycles. The molecule has 19 heavy (non-hydrogen) atoms. The molecule has 3 nitrogen and oxygen atoms in total. The summed E-state index contributed by atoms with van der Waals surface area (Å²) in [6.45, 7) is 1.67. The molecule has 0 unspecified atom stereocenters. The van der Waals surface area contributed by atoms with Gasteiger partial charge in [-0.1, -0.05) is 0 Å². The van der Waals surface area contributed by atoms with Crippen molar-refractivity contribution in [2.24, 2.45) is 5.92 Å². The van der Waals surface area contributed by atoms with Gasteiger partial charge in [-0.15, -0.1) is 0 Å². The van der Waals surface area contributed by atoms with E-state index in [2.05, 4.69) is 0 Å². The van der Waals surface area contributed by atoms with Crippen LogP contribution in [0, 0.1) is 17.6 Å². The molecule has 1 aliphatic rings. The Morgan fingerprint density at radius 3 is 2.37 bits per heavy atom. The third kappa shape index (κ3) is 3.42.